The average Bonchev–Trinajstić information content (AvgIpc) is 2.65. The Hall–Kier alpha value is -3.55. The van der Waals surface area contributed by atoms with Crippen LogP contribution in [0.25, 0.3) is 0 Å². The molecule has 8 heteroatoms. The third kappa shape index (κ3) is 6.35. The second kappa shape index (κ2) is 9.81. The first-order valence-electron chi connectivity index (χ1n) is 8.18. The fourth-order valence-electron chi connectivity index (χ4n) is 2.09. The first-order valence-corrected chi connectivity index (χ1v) is 8.18. The topological polar surface area (TPSA) is 117 Å². The zero-order valence-electron chi connectivity index (χ0n) is 14.7. The van der Waals surface area contributed by atoms with Gasteiger partial charge in [-0.1, -0.05) is 30.3 Å². The Morgan fingerprint density at radius 3 is 2.30 bits per heavy atom. The van der Waals surface area contributed by atoms with Crippen LogP contribution < -0.4 is 20.5 Å². The van der Waals surface area contributed by atoms with Gasteiger partial charge >= 0.3 is 12.0 Å². The number of para-hydroxylation sites is 2. The molecule has 2 aromatic rings. The molecular weight excluding hydrogens is 352 g/mol. The summed E-state index contributed by atoms with van der Waals surface area (Å²) < 4.78 is 16.2. The molecule has 142 valence electrons. The summed E-state index contributed by atoms with van der Waals surface area (Å²) in [5, 5.41) is 1.85. The third-order valence-corrected chi connectivity index (χ3v) is 3.36. The van der Waals surface area contributed by atoms with Crippen LogP contribution >= 0.6 is 0 Å². The van der Waals surface area contributed by atoms with E-state index >= 15 is 0 Å². The number of urea groups is 1. The van der Waals surface area contributed by atoms with Gasteiger partial charge < -0.3 is 19.9 Å². The predicted octanol–water partition coefficient (Wildman–Crippen LogP) is 1.88. The smallest absolute Gasteiger partial charge is 0.342 e. The molecule has 3 N–H and O–H groups in total. The predicted molar refractivity (Wildman–Crippen MR) is 96.5 cm³/mol. The summed E-state index contributed by atoms with van der Waals surface area (Å²) in [5.41, 5.74) is 5.01. The van der Waals surface area contributed by atoms with Crippen molar-refractivity contribution in [3.8, 4) is 11.5 Å². The van der Waals surface area contributed by atoms with Crippen LogP contribution in [0.5, 0.6) is 11.5 Å². The number of hydrogen-bond acceptors (Lipinski definition) is 6. The van der Waals surface area contributed by atoms with E-state index in [2.05, 4.69) is 0 Å². The first kappa shape index (κ1) is 19.8. The summed E-state index contributed by atoms with van der Waals surface area (Å²) in [6.45, 7) is 1.81. The maximum Gasteiger partial charge on any atom is 0.342 e. The summed E-state index contributed by atoms with van der Waals surface area (Å²) in [6, 6.07) is 14.7. The molecular formula is C19H20N2O6. The van der Waals surface area contributed by atoms with Crippen LogP contribution in [0, 0.1) is 0 Å². The number of carbonyl (C=O) groups is 3. The van der Waals surface area contributed by atoms with Gasteiger partial charge in [0.1, 0.15) is 30.3 Å². The molecule has 0 fully saturated rings. The SMILES string of the molecule is CC(OC(=O)c1ccccc1OCCOc1ccccc1)C(=O)NC(N)=O. The van der Waals surface area contributed by atoms with E-state index in [1.807, 2.05) is 35.6 Å². The summed E-state index contributed by atoms with van der Waals surface area (Å²) >= 11 is 0. The number of esters is 1. The molecule has 1 atom stereocenters. The van der Waals surface area contributed by atoms with Gasteiger partial charge in [0, 0.05) is 0 Å². The minimum absolute atomic E-state index is 0.149. The van der Waals surface area contributed by atoms with E-state index in [0.29, 0.717) is 11.5 Å². The highest BCUT2D eigenvalue weighted by Crippen LogP contribution is 2.20. The summed E-state index contributed by atoms with van der Waals surface area (Å²) in [4.78, 5) is 34.6. The first-order chi connectivity index (χ1) is 13.0. The largest absolute Gasteiger partial charge is 0.490 e. The molecule has 0 aliphatic heterocycles. The lowest BCUT2D eigenvalue weighted by molar-refractivity contribution is -0.127. The summed E-state index contributed by atoms with van der Waals surface area (Å²) in [6.07, 6.45) is -1.19. The molecule has 0 saturated carbocycles. The highest BCUT2D eigenvalue weighted by Gasteiger charge is 2.22. The second-order valence-corrected chi connectivity index (χ2v) is 5.41. The summed E-state index contributed by atoms with van der Waals surface area (Å²) in [5.74, 6) is -0.572. The lowest BCUT2D eigenvalue weighted by Crippen LogP contribution is -2.42. The van der Waals surface area contributed by atoms with Crippen LogP contribution in [0.15, 0.2) is 54.6 Å². The van der Waals surface area contributed by atoms with Crippen LogP contribution in [0.2, 0.25) is 0 Å². The minimum Gasteiger partial charge on any atom is -0.490 e. The van der Waals surface area contributed by atoms with Crippen molar-refractivity contribution in [2.24, 2.45) is 5.73 Å². The Kier molecular flexibility index (Phi) is 7.18. The number of nitrogens with one attached hydrogen (secondary N) is 1. The van der Waals surface area contributed by atoms with E-state index < -0.39 is 24.0 Å². The second-order valence-electron chi connectivity index (χ2n) is 5.41. The molecule has 0 aromatic heterocycles. The van der Waals surface area contributed by atoms with Crippen molar-refractivity contribution < 1.29 is 28.6 Å². The molecule has 0 bridgehead atoms. The van der Waals surface area contributed by atoms with E-state index in [-0.39, 0.29) is 18.8 Å². The molecule has 3 amide bonds. The molecule has 27 heavy (non-hydrogen) atoms. The van der Waals surface area contributed by atoms with Crippen LogP contribution in [-0.2, 0) is 9.53 Å². The summed E-state index contributed by atoms with van der Waals surface area (Å²) in [7, 11) is 0. The molecule has 0 aliphatic rings. The van der Waals surface area contributed by atoms with Gasteiger partial charge in [-0.25, -0.2) is 9.59 Å². The molecule has 2 rings (SSSR count). The Bertz CT molecular complexity index is 794. The van der Waals surface area contributed by atoms with Crippen molar-refractivity contribution in [1.29, 1.82) is 0 Å². The van der Waals surface area contributed by atoms with Gasteiger partial charge in [-0.15, -0.1) is 0 Å². The lowest BCUT2D eigenvalue weighted by Gasteiger charge is -2.14. The molecule has 0 heterocycles. The molecule has 0 aliphatic carbocycles. The number of ether oxygens (including phenoxy) is 3. The Morgan fingerprint density at radius 1 is 0.963 bits per heavy atom. The Morgan fingerprint density at radius 2 is 1.59 bits per heavy atom. The van der Waals surface area contributed by atoms with Crippen LogP contribution in [-0.4, -0.2) is 37.2 Å². The zero-order chi connectivity index (χ0) is 19.6. The number of primary amides is 1. The van der Waals surface area contributed by atoms with E-state index in [1.165, 1.54) is 13.0 Å². The van der Waals surface area contributed by atoms with Crippen LogP contribution in [0.4, 0.5) is 4.79 Å². The normalized spacial score (nSPS) is 11.1. The van der Waals surface area contributed by atoms with Crippen molar-refractivity contribution in [2.75, 3.05) is 13.2 Å². The van der Waals surface area contributed by atoms with Gasteiger partial charge in [-0.2, -0.15) is 0 Å². The van der Waals surface area contributed by atoms with Crippen molar-refractivity contribution >= 4 is 17.9 Å². The number of imide groups is 1. The van der Waals surface area contributed by atoms with Crippen molar-refractivity contribution in [3.05, 3.63) is 60.2 Å². The number of amides is 3. The monoisotopic (exact) mass is 372 g/mol. The zero-order valence-corrected chi connectivity index (χ0v) is 14.7. The lowest BCUT2D eigenvalue weighted by atomic mass is 10.2. The van der Waals surface area contributed by atoms with Crippen molar-refractivity contribution in [2.45, 2.75) is 13.0 Å². The van der Waals surface area contributed by atoms with Crippen molar-refractivity contribution in [3.63, 3.8) is 0 Å². The van der Waals surface area contributed by atoms with Crippen LogP contribution in [0.3, 0.4) is 0 Å². The molecule has 0 radical (unpaired) electrons. The van der Waals surface area contributed by atoms with E-state index in [0.717, 1.165) is 0 Å². The van der Waals surface area contributed by atoms with Crippen LogP contribution in [0.1, 0.15) is 17.3 Å². The molecule has 8 nitrogen and oxygen atoms in total. The number of rotatable bonds is 8. The highest BCUT2D eigenvalue weighted by molar-refractivity contribution is 5.98. The number of hydrogen-bond donors (Lipinski definition) is 2. The number of benzene rings is 2. The van der Waals surface area contributed by atoms with E-state index in [4.69, 9.17) is 19.9 Å². The van der Waals surface area contributed by atoms with Gasteiger partial charge in [0.05, 0.1) is 0 Å². The van der Waals surface area contributed by atoms with Gasteiger partial charge in [0.15, 0.2) is 6.10 Å². The minimum atomic E-state index is -1.19. The quantitative estimate of drug-likeness (QED) is 0.540. The fourth-order valence-corrected chi connectivity index (χ4v) is 2.09. The standard InChI is InChI=1S/C19H20N2O6/c1-13(17(22)21-19(20)24)27-18(23)15-9-5-6-10-16(15)26-12-11-25-14-7-3-2-4-8-14/h2-10,13H,11-12H2,1H3,(H3,20,21,22,24). The van der Waals surface area contributed by atoms with E-state index in [9.17, 15) is 14.4 Å². The third-order valence-electron chi connectivity index (χ3n) is 3.36. The number of carbonyl (C=O) groups excluding carboxylic acids is 3. The van der Waals surface area contributed by atoms with Crippen molar-refractivity contribution in [1.82, 2.24) is 5.32 Å². The maximum absolute atomic E-state index is 12.3. The number of nitrogens with two attached hydrogens (primary N) is 1. The average molecular weight is 372 g/mol. The Balaban J connectivity index is 1.91. The maximum atomic E-state index is 12.3. The van der Waals surface area contributed by atoms with Gasteiger partial charge in [0.25, 0.3) is 5.91 Å². The van der Waals surface area contributed by atoms with Gasteiger partial charge in [-0.05, 0) is 31.2 Å². The molecule has 0 saturated heterocycles. The fraction of sp³-hybridized carbons (Fsp3) is 0.211. The molecule has 1 unspecified atom stereocenters. The van der Waals surface area contributed by atoms with E-state index in [1.54, 1.807) is 18.2 Å². The Labute approximate surface area is 156 Å². The van der Waals surface area contributed by atoms with Gasteiger partial charge in [0.2, 0.25) is 0 Å². The highest BCUT2D eigenvalue weighted by atomic mass is 16.6. The van der Waals surface area contributed by atoms with Gasteiger partial charge in [-0.3, -0.25) is 10.1 Å². The molecule has 0 spiro atoms. The molecule has 2 aromatic carbocycles.